The number of aromatic nitrogens is 1. The van der Waals surface area contributed by atoms with Crippen molar-refractivity contribution in [1.82, 2.24) is 4.98 Å². The zero-order chi connectivity index (χ0) is 13.1. The van der Waals surface area contributed by atoms with Crippen molar-refractivity contribution in [3.05, 3.63) is 65.0 Å². The Hall–Kier alpha value is -1.36. The molecule has 0 atom stereocenters. The second kappa shape index (κ2) is 6.88. The first-order valence-corrected chi connectivity index (χ1v) is 7.11. The van der Waals surface area contributed by atoms with Gasteiger partial charge in [0.25, 0.3) is 0 Å². The Morgan fingerprint density at radius 3 is 2.40 bits per heavy atom. The van der Waals surface area contributed by atoms with Crippen molar-refractivity contribution >= 4 is 50.7 Å². The van der Waals surface area contributed by atoms with Crippen molar-refractivity contribution in [2.75, 3.05) is 5.32 Å². The van der Waals surface area contributed by atoms with Crippen molar-refractivity contribution in [2.45, 2.75) is 0 Å². The Labute approximate surface area is 137 Å². The molecule has 0 radical (unpaired) electrons. The number of hydrogen-bond donors (Lipinski definition) is 1. The fourth-order valence-corrected chi connectivity index (χ4v) is 2.67. The molecule has 0 saturated heterocycles. The molecule has 0 amide bonds. The maximum Gasteiger partial charge on any atom is 0.187 e. The molecule has 2 nitrogen and oxygen atoms in total. The zero-order valence-corrected chi connectivity index (χ0v) is 13.7. The summed E-state index contributed by atoms with van der Waals surface area (Å²) in [7, 11) is 0. The van der Waals surface area contributed by atoms with Gasteiger partial charge in [0, 0.05) is 10.9 Å². The molecule has 5 heteroatoms. The summed E-state index contributed by atoms with van der Waals surface area (Å²) < 4.78 is 0. The van der Waals surface area contributed by atoms with E-state index < -0.39 is 0 Å². The summed E-state index contributed by atoms with van der Waals surface area (Å²) in [5, 5.41) is 6.81. The van der Waals surface area contributed by atoms with E-state index in [1.165, 1.54) is 0 Å². The maximum atomic E-state index is 6.11. The second-order valence-corrected chi connectivity index (χ2v) is 5.27. The molecular weight excluding hydrogens is 356 g/mol. The molecule has 0 aliphatic heterocycles. The molecular formula is C15H12BrClN2S. The summed E-state index contributed by atoms with van der Waals surface area (Å²) in [6, 6.07) is 17.8. The molecule has 2 aromatic carbocycles. The topological polar surface area (TPSA) is 24.9 Å². The predicted molar refractivity (Wildman–Crippen MR) is 92.6 cm³/mol. The summed E-state index contributed by atoms with van der Waals surface area (Å²) in [5.74, 6) is 0. The van der Waals surface area contributed by atoms with Crippen molar-refractivity contribution in [2.24, 2.45) is 0 Å². The van der Waals surface area contributed by atoms with Crippen molar-refractivity contribution in [3.63, 3.8) is 0 Å². The molecule has 102 valence electrons. The largest absolute Gasteiger partial charge is 0.330 e. The van der Waals surface area contributed by atoms with Crippen LogP contribution in [0.1, 0.15) is 0 Å². The highest BCUT2D eigenvalue weighted by Gasteiger charge is 2.05. The first-order valence-electron chi connectivity index (χ1n) is 5.85. The van der Waals surface area contributed by atoms with Crippen LogP contribution >= 0.6 is 39.9 Å². The fourth-order valence-electron chi connectivity index (χ4n) is 1.75. The SMILES string of the molecule is Br.Clc1ccccc1Nc1nc(-c2ccccc2)cs1. The standard InChI is InChI=1S/C15H11ClN2S.BrH/c16-12-8-4-5-9-13(12)17-15-18-14(10-19-15)11-6-2-1-3-7-11;/h1-10H,(H,17,18);1H. The van der Waals surface area contributed by atoms with Crippen LogP contribution in [0.5, 0.6) is 0 Å². The Bertz CT molecular complexity index is 685. The predicted octanol–water partition coefficient (Wildman–Crippen LogP) is 5.79. The molecule has 0 fully saturated rings. The first kappa shape index (κ1) is 15.0. The minimum absolute atomic E-state index is 0. The lowest BCUT2D eigenvalue weighted by atomic mass is 10.2. The molecule has 0 unspecified atom stereocenters. The normalized spacial score (nSPS) is 9.85. The van der Waals surface area contributed by atoms with Gasteiger partial charge >= 0.3 is 0 Å². The van der Waals surface area contributed by atoms with Crippen LogP contribution in [0.25, 0.3) is 11.3 Å². The van der Waals surface area contributed by atoms with Crippen molar-refractivity contribution in [3.8, 4) is 11.3 Å². The number of para-hydroxylation sites is 1. The minimum Gasteiger partial charge on any atom is -0.330 e. The Morgan fingerprint density at radius 2 is 1.65 bits per heavy atom. The van der Waals surface area contributed by atoms with Gasteiger partial charge in [-0.25, -0.2) is 4.98 Å². The van der Waals surface area contributed by atoms with Gasteiger partial charge < -0.3 is 5.32 Å². The zero-order valence-electron chi connectivity index (χ0n) is 10.4. The van der Waals surface area contributed by atoms with Gasteiger partial charge in [0.1, 0.15) is 0 Å². The highest BCUT2D eigenvalue weighted by Crippen LogP contribution is 2.29. The molecule has 0 spiro atoms. The van der Waals surface area contributed by atoms with Crippen LogP contribution in [0.4, 0.5) is 10.8 Å². The van der Waals surface area contributed by atoms with E-state index >= 15 is 0 Å². The molecule has 0 aliphatic rings. The molecule has 20 heavy (non-hydrogen) atoms. The number of nitrogens with one attached hydrogen (secondary N) is 1. The molecule has 1 heterocycles. The van der Waals surface area contributed by atoms with E-state index in [2.05, 4.69) is 10.3 Å². The van der Waals surface area contributed by atoms with Gasteiger partial charge in [-0.15, -0.1) is 28.3 Å². The van der Waals surface area contributed by atoms with E-state index in [0.29, 0.717) is 5.02 Å². The number of nitrogens with zero attached hydrogens (tertiary/aromatic N) is 1. The highest BCUT2D eigenvalue weighted by atomic mass is 79.9. The molecule has 3 aromatic rings. The van der Waals surface area contributed by atoms with Crippen molar-refractivity contribution in [1.29, 1.82) is 0 Å². The van der Waals surface area contributed by atoms with Crippen LogP contribution in [0.2, 0.25) is 5.02 Å². The Kier molecular flexibility index (Phi) is 5.17. The van der Waals surface area contributed by atoms with Crippen LogP contribution < -0.4 is 5.32 Å². The molecule has 0 aliphatic carbocycles. The monoisotopic (exact) mass is 366 g/mol. The number of benzene rings is 2. The maximum absolute atomic E-state index is 6.11. The van der Waals surface area contributed by atoms with Gasteiger partial charge in [-0.05, 0) is 12.1 Å². The summed E-state index contributed by atoms with van der Waals surface area (Å²) in [4.78, 5) is 4.57. The molecule has 0 saturated carbocycles. The number of halogens is 2. The quantitative estimate of drug-likeness (QED) is 0.634. The average molecular weight is 368 g/mol. The Morgan fingerprint density at radius 1 is 0.950 bits per heavy atom. The number of hydrogen-bond acceptors (Lipinski definition) is 3. The average Bonchev–Trinajstić information content (AvgIpc) is 2.91. The van der Waals surface area contributed by atoms with E-state index in [0.717, 1.165) is 22.1 Å². The molecule has 1 N–H and O–H groups in total. The smallest absolute Gasteiger partial charge is 0.187 e. The van der Waals surface area contributed by atoms with E-state index in [1.54, 1.807) is 11.3 Å². The van der Waals surface area contributed by atoms with E-state index in [-0.39, 0.29) is 17.0 Å². The second-order valence-electron chi connectivity index (χ2n) is 4.01. The first-order chi connectivity index (χ1) is 9.33. The summed E-state index contributed by atoms with van der Waals surface area (Å²) in [6.07, 6.45) is 0. The van der Waals surface area contributed by atoms with Crippen LogP contribution in [-0.2, 0) is 0 Å². The highest BCUT2D eigenvalue weighted by molar-refractivity contribution is 8.93. The third kappa shape index (κ3) is 3.39. The number of rotatable bonds is 3. The third-order valence-electron chi connectivity index (χ3n) is 2.69. The minimum atomic E-state index is 0. The lowest BCUT2D eigenvalue weighted by molar-refractivity contribution is 1.38. The van der Waals surface area contributed by atoms with Gasteiger partial charge in [0.05, 0.1) is 16.4 Å². The van der Waals surface area contributed by atoms with E-state index in [1.807, 2.05) is 60.0 Å². The number of thiazole rings is 1. The van der Waals surface area contributed by atoms with E-state index in [9.17, 15) is 0 Å². The van der Waals surface area contributed by atoms with Crippen LogP contribution in [0.15, 0.2) is 60.0 Å². The lowest BCUT2D eigenvalue weighted by Gasteiger charge is -2.03. The lowest BCUT2D eigenvalue weighted by Crippen LogP contribution is -1.90. The number of anilines is 2. The van der Waals surface area contributed by atoms with E-state index in [4.69, 9.17) is 11.6 Å². The van der Waals surface area contributed by atoms with Gasteiger partial charge in [-0.3, -0.25) is 0 Å². The van der Waals surface area contributed by atoms with Gasteiger partial charge in [-0.2, -0.15) is 0 Å². The van der Waals surface area contributed by atoms with Crippen LogP contribution in [0, 0.1) is 0 Å². The summed E-state index contributed by atoms with van der Waals surface area (Å²) >= 11 is 7.68. The van der Waals surface area contributed by atoms with Gasteiger partial charge in [0.2, 0.25) is 0 Å². The summed E-state index contributed by atoms with van der Waals surface area (Å²) in [6.45, 7) is 0. The van der Waals surface area contributed by atoms with Crippen LogP contribution in [0.3, 0.4) is 0 Å². The summed E-state index contributed by atoms with van der Waals surface area (Å²) in [5.41, 5.74) is 2.96. The Balaban J connectivity index is 0.00000147. The molecule has 1 aromatic heterocycles. The third-order valence-corrected chi connectivity index (χ3v) is 3.78. The molecule has 3 rings (SSSR count). The van der Waals surface area contributed by atoms with Gasteiger partial charge in [-0.1, -0.05) is 54.1 Å². The van der Waals surface area contributed by atoms with Crippen LogP contribution in [-0.4, -0.2) is 4.98 Å². The van der Waals surface area contributed by atoms with Gasteiger partial charge in [0.15, 0.2) is 5.13 Å². The molecule has 0 bridgehead atoms. The fraction of sp³-hybridized carbons (Fsp3) is 0. The van der Waals surface area contributed by atoms with Crippen molar-refractivity contribution < 1.29 is 0 Å².